The maximum absolute atomic E-state index is 13.8. The number of carbonyl (C=O) groups excluding carboxylic acids is 2. The lowest BCUT2D eigenvalue weighted by Crippen LogP contribution is -2.54. The van der Waals surface area contributed by atoms with Crippen LogP contribution in [0.3, 0.4) is 0 Å². The second-order valence-electron chi connectivity index (χ2n) is 13.3. The number of fused-ring (bicyclic) bond motifs is 1. The molecule has 9 atom stereocenters. The van der Waals surface area contributed by atoms with Crippen LogP contribution in [0.1, 0.15) is 26.2 Å². The van der Waals surface area contributed by atoms with E-state index in [0.717, 1.165) is 24.8 Å². The van der Waals surface area contributed by atoms with E-state index in [4.69, 9.17) is 18.3 Å². The number of methoxy groups -OCH3 is 1. The Labute approximate surface area is 205 Å². The van der Waals surface area contributed by atoms with Crippen LogP contribution in [-0.2, 0) is 27.9 Å². The SMILES string of the molecule is C=C1[C@@H]2CCC3[C@@]45C=CC(O[Si](C)(C)C)C(C)(C(=O)O4)C5C(C(=O)OC)[C@]3(C2)[C@@H]1O[Si](C)(C)C. The van der Waals surface area contributed by atoms with Crippen LogP contribution in [-0.4, -0.2) is 53.5 Å². The van der Waals surface area contributed by atoms with Gasteiger partial charge in [-0.25, -0.2) is 0 Å². The fraction of sp³-hybridized carbons (Fsp3) is 0.769. The molecular formula is C26H40O6Si2. The van der Waals surface area contributed by atoms with Crippen molar-refractivity contribution in [3.8, 4) is 0 Å². The van der Waals surface area contributed by atoms with Crippen LogP contribution in [0.2, 0.25) is 39.3 Å². The lowest BCUT2D eigenvalue weighted by molar-refractivity contribution is -0.166. The summed E-state index contributed by atoms with van der Waals surface area (Å²) in [5, 5.41) is 0. The van der Waals surface area contributed by atoms with E-state index in [-0.39, 0.29) is 29.9 Å². The summed E-state index contributed by atoms with van der Waals surface area (Å²) >= 11 is 0. The summed E-state index contributed by atoms with van der Waals surface area (Å²) in [7, 11) is -2.50. The third kappa shape index (κ3) is 2.97. The van der Waals surface area contributed by atoms with Crippen molar-refractivity contribution < 1.29 is 27.9 Å². The van der Waals surface area contributed by atoms with Gasteiger partial charge in [0.05, 0.1) is 25.2 Å². The molecule has 4 aliphatic carbocycles. The Hall–Kier alpha value is -1.23. The van der Waals surface area contributed by atoms with Gasteiger partial charge in [-0.1, -0.05) is 12.7 Å². The molecule has 0 aromatic heterocycles. The van der Waals surface area contributed by atoms with E-state index in [2.05, 4.69) is 58.0 Å². The minimum Gasteiger partial charge on any atom is -0.469 e. The Bertz CT molecular complexity index is 979. The fourth-order valence-corrected chi connectivity index (χ4v) is 10.5. The van der Waals surface area contributed by atoms with Gasteiger partial charge in [-0.2, -0.15) is 0 Å². The van der Waals surface area contributed by atoms with E-state index in [0.29, 0.717) is 5.92 Å². The molecule has 1 heterocycles. The smallest absolute Gasteiger partial charge is 0.316 e. The Morgan fingerprint density at radius 1 is 1.12 bits per heavy atom. The van der Waals surface area contributed by atoms with Gasteiger partial charge in [0.25, 0.3) is 0 Å². The van der Waals surface area contributed by atoms with Crippen molar-refractivity contribution in [2.45, 2.75) is 83.3 Å². The quantitative estimate of drug-likeness (QED) is 0.307. The Morgan fingerprint density at radius 3 is 2.35 bits per heavy atom. The minimum atomic E-state index is -1.99. The molecule has 0 N–H and O–H groups in total. The Balaban J connectivity index is 1.73. The molecule has 1 spiro atoms. The van der Waals surface area contributed by atoms with Crippen LogP contribution in [0, 0.1) is 34.5 Å². The zero-order valence-electron chi connectivity index (χ0n) is 21.9. The molecule has 5 aliphatic rings. The molecule has 0 aromatic carbocycles. The van der Waals surface area contributed by atoms with Crippen LogP contribution in [0.5, 0.6) is 0 Å². The number of hydrogen-bond acceptors (Lipinski definition) is 6. The summed E-state index contributed by atoms with van der Waals surface area (Å²) in [5.74, 6) is -1.07. The summed E-state index contributed by atoms with van der Waals surface area (Å²) in [4.78, 5) is 27.4. The van der Waals surface area contributed by atoms with E-state index < -0.39 is 45.1 Å². The summed E-state index contributed by atoms with van der Waals surface area (Å²) in [6.45, 7) is 19.4. The molecule has 6 nitrogen and oxygen atoms in total. The van der Waals surface area contributed by atoms with E-state index in [1.165, 1.54) is 7.11 Å². The van der Waals surface area contributed by atoms with Gasteiger partial charge in [0.2, 0.25) is 0 Å². The molecule has 4 fully saturated rings. The van der Waals surface area contributed by atoms with E-state index >= 15 is 0 Å². The van der Waals surface area contributed by atoms with Gasteiger partial charge in [0, 0.05) is 17.3 Å². The molecule has 4 bridgehead atoms. The standard InChI is InChI=1S/C26H40O6Si2/c1-15-16-10-11-17-25(14-16,21(15)32-34(7,8)9)19(22(27)29-3)20-24(2)18(31-33(4,5)6)12-13-26(17,20)30-23(24)28/h12-13,16-21H,1,10-11,14H2,2-9H3/t16-,17?,18?,19?,20?,21-,24?,25-,26-/m1/s1. The first-order valence-corrected chi connectivity index (χ1v) is 19.5. The van der Waals surface area contributed by atoms with Gasteiger partial charge in [0.1, 0.15) is 11.0 Å². The van der Waals surface area contributed by atoms with Crippen molar-refractivity contribution in [3.05, 3.63) is 24.3 Å². The van der Waals surface area contributed by atoms with Crippen molar-refractivity contribution in [1.29, 1.82) is 0 Å². The highest BCUT2D eigenvalue weighted by atomic mass is 28.4. The third-order valence-electron chi connectivity index (χ3n) is 9.23. The number of carbonyl (C=O) groups is 2. The zero-order valence-corrected chi connectivity index (χ0v) is 23.9. The molecule has 3 saturated carbocycles. The van der Waals surface area contributed by atoms with Gasteiger partial charge >= 0.3 is 11.9 Å². The molecule has 8 heteroatoms. The number of esters is 2. The van der Waals surface area contributed by atoms with Crippen LogP contribution >= 0.6 is 0 Å². The van der Waals surface area contributed by atoms with Crippen LogP contribution in [0.15, 0.2) is 24.3 Å². The second kappa shape index (κ2) is 7.17. The first kappa shape index (κ1) is 24.5. The first-order chi connectivity index (χ1) is 15.6. The summed E-state index contributed by atoms with van der Waals surface area (Å²) < 4.78 is 25.4. The highest BCUT2D eigenvalue weighted by Gasteiger charge is 2.84. The third-order valence-corrected chi connectivity index (χ3v) is 11.1. The maximum Gasteiger partial charge on any atom is 0.316 e. The summed E-state index contributed by atoms with van der Waals surface area (Å²) in [6, 6.07) is 0. The number of hydrogen-bond donors (Lipinski definition) is 0. The molecule has 5 unspecified atom stereocenters. The molecule has 0 aromatic rings. The minimum absolute atomic E-state index is 0.0131. The summed E-state index contributed by atoms with van der Waals surface area (Å²) in [5.41, 5.74) is -1.16. The number of ether oxygens (including phenoxy) is 2. The van der Waals surface area contributed by atoms with Gasteiger partial charge < -0.3 is 18.3 Å². The Morgan fingerprint density at radius 2 is 1.76 bits per heavy atom. The normalized spacial score (nSPS) is 46.8. The van der Waals surface area contributed by atoms with E-state index in [1.54, 1.807) is 0 Å². The first-order valence-electron chi connectivity index (χ1n) is 12.7. The molecule has 1 saturated heterocycles. The topological polar surface area (TPSA) is 71.1 Å². The van der Waals surface area contributed by atoms with Crippen molar-refractivity contribution >= 4 is 28.6 Å². The van der Waals surface area contributed by atoms with Gasteiger partial charge in [-0.15, -0.1) is 0 Å². The summed E-state index contributed by atoms with van der Waals surface area (Å²) in [6.07, 6.45) is 6.18. The van der Waals surface area contributed by atoms with Crippen LogP contribution < -0.4 is 0 Å². The maximum atomic E-state index is 13.8. The highest BCUT2D eigenvalue weighted by molar-refractivity contribution is 6.70. The van der Waals surface area contributed by atoms with Gasteiger partial charge in [-0.3, -0.25) is 9.59 Å². The predicted molar refractivity (Wildman–Crippen MR) is 134 cm³/mol. The molecular weight excluding hydrogens is 464 g/mol. The average molecular weight is 505 g/mol. The highest BCUT2D eigenvalue weighted by Crippen LogP contribution is 2.77. The van der Waals surface area contributed by atoms with E-state index in [9.17, 15) is 9.59 Å². The van der Waals surface area contributed by atoms with Crippen LogP contribution in [0.25, 0.3) is 0 Å². The molecule has 188 valence electrons. The predicted octanol–water partition coefficient (Wildman–Crippen LogP) is 4.69. The van der Waals surface area contributed by atoms with Crippen LogP contribution in [0.4, 0.5) is 0 Å². The average Bonchev–Trinajstić information content (AvgIpc) is 3.16. The molecule has 0 amide bonds. The zero-order chi connectivity index (χ0) is 25.1. The molecule has 0 radical (unpaired) electrons. The largest absolute Gasteiger partial charge is 0.469 e. The van der Waals surface area contributed by atoms with Crippen molar-refractivity contribution in [3.63, 3.8) is 0 Å². The molecule has 5 rings (SSSR count). The van der Waals surface area contributed by atoms with Gasteiger partial charge in [0.15, 0.2) is 16.6 Å². The van der Waals surface area contributed by atoms with Crippen molar-refractivity contribution in [2.75, 3.05) is 7.11 Å². The fourth-order valence-electron chi connectivity index (χ4n) is 8.31. The van der Waals surface area contributed by atoms with E-state index in [1.807, 2.05) is 6.92 Å². The van der Waals surface area contributed by atoms with Crippen molar-refractivity contribution in [2.24, 2.45) is 34.5 Å². The lowest BCUT2D eigenvalue weighted by Gasteiger charge is -2.46. The second-order valence-corrected chi connectivity index (χ2v) is 22.3. The van der Waals surface area contributed by atoms with Crippen molar-refractivity contribution in [1.82, 2.24) is 0 Å². The van der Waals surface area contributed by atoms with Gasteiger partial charge in [-0.05, 0) is 83.0 Å². The Kier molecular flexibility index (Phi) is 5.16. The number of rotatable bonds is 5. The molecule has 1 aliphatic heterocycles. The molecule has 34 heavy (non-hydrogen) atoms. The lowest BCUT2D eigenvalue weighted by atomic mass is 9.60. The monoisotopic (exact) mass is 504 g/mol.